The van der Waals surface area contributed by atoms with Crippen LogP contribution in [-0.4, -0.2) is 31.2 Å². The number of rotatable bonds is 10. The van der Waals surface area contributed by atoms with Gasteiger partial charge in [-0.2, -0.15) is 0 Å². The summed E-state index contributed by atoms with van der Waals surface area (Å²) in [6, 6.07) is 0.826. The van der Waals surface area contributed by atoms with E-state index in [1.54, 1.807) is 0 Å². The lowest BCUT2D eigenvalue weighted by Gasteiger charge is -2.33. The van der Waals surface area contributed by atoms with Crippen molar-refractivity contribution in [3.8, 4) is 0 Å². The molecule has 2 aliphatic carbocycles. The van der Waals surface area contributed by atoms with Crippen molar-refractivity contribution >= 4 is 0 Å². The highest BCUT2D eigenvalue weighted by atomic mass is 14.9. The van der Waals surface area contributed by atoms with Crippen molar-refractivity contribution in [1.29, 1.82) is 0 Å². The lowest BCUT2D eigenvalue weighted by molar-refractivity contribution is 0.283. The Kier molecular flexibility index (Phi) is 8.79. The van der Waals surface area contributed by atoms with Gasteiger partial charge in [0.1, 0.15) is 0 Å². The Labute approximate surface area is 138 Å². The maximum Gasteiger partial charge on any atom is 0.0280 e. The Balaban J connectivity index is 1.35. The number of nitrogens with two attached hydrogens (primary N) is 1. The van der Waals surface area contributed by atoms with Crippen molar-refractivity contribution in [2.45, 2.75) is 101 Å². The SMILES string of the molecule is NC1(CNCCCCCCNC2CCCCC2)CCCCC1. The molecule has 0 bridgehead atoms. The summed E-state index contributed by atoms with van der Waals surface area (Å²) < 4.78 is 0. The number of hydrogen-bond acceptors (Lipinski definition) is 3. The van der Waals surface area contributed by atoms with Crippen LogP contribution in [0.15, 0.2) is 0 Å². The molecule has 3 heteroatoms. The second-order valence-electron chi connectivity index (χ2n) is 7.80. The van der Waals surface area contributed by atoms with Gasteiger partial charge in [-0.3, -0.25) is 0 Å². The maximum atomic E-state index is 6.44. The average Bonchev–Trinajstić information content (AvgIpc) is 2.55. The van der Waals surface area contributed by atoms with E-state index in [9.17, 15) is 0 Å². The molecule has 2 aliphatic rings. The standard InChI is InChI=1S/C19H39N3/c20-19(13-7-4-8-14-19)17-21-15-9-1-2-10-16-22-18-11-5-3-6-12-18/h18,21-22H,1-17,20H2. The molecule has 0 amide bonds. The number of nitrogens with one attached hydrogen (secondary N) is 2. The summed E-state index contributed by atoms with van der Waals surface area (Å²) in [6.45, 7) is 3.40. The van der Waals surface area contributed by atoms with E-state index < -0.39 is 0 Å². The van der Waals surface area contributed by atoms with Crippen LogP contribution in [0.4, 0.5) is 0 Å². The molecule has 0 atom stereocenters. The summed E-state index contributed by atoms with van der Waals surface area (Å²) in [5, 5.41) is 7.34. The van der Waals surface area contributed by atoms with Crippen LogP contribution < -0.4 is 16.4 Å². The first kappa shape index (κ1) is 18.2. The summed E-state index contributed by atoms with van der Waals surface area (Å²) in [5.41, 5.74) is 6.54. The zero-order valence-electron chi connectivity index (χ0n) is 14.7. The highest BCUT2D eigenvalue weighted by Crippen LogP contribution is 2.25. The number of unbranched alkanes of at least 4 members (excludes halogenated alkanes) is 3. The molecule has 4 N–H and O–H groups in total. The lowest BCUT2D eigenvalue weighted by atomic mass is 9.82. The van der Waals surface area contributed by atoms with E-state index in [2.05, 4.69) is 10.6 Å². The van der Waals surface area contributed by atoms with Crippen LogP contribution in [0.2, 0.25) is 0 Å². The van der Waals surface area contributed by atoms with Gasteiger partial charge in [0.15, 0.2) is 0 Å². The first-order valence-corrected chi connectivity index (χ1v) is 10.0. The monoisotopic (exact) mass is 309 g/mol. The quantitative estimate of drug-likeness (QED) is 0.539. The molecule has 0 spiro atoms. The fourth-order valence-corrected chi connectivity index (χ4v) is 4.11. The van der Waals surface area contributed by atoms with Crippen LogP contribution in [0.5, 0.6) is 0 Å². The van der Waals surface area contributed by atoms with Gasteiger partial charge in [-0.1, -0.05) is 51.4 Å². The highest BCUT2D eigenvalue weighted by molar-refractivity contribution is 4.89. The molecule has 22 heavy (non-hydrogen) atoms. The van der Waals surface area contributed by atoms with Crippen LogP contribution in [-0.2, 0) is 0 Å². The molecular formula is C19H39N3. The summed E-state index contributed by atoms with van der Waals surface area (Å²) in [5.74, 6) is 0. The molecular weight excluding hydrogens is 270 g/mol. The van der Waals surface area contributed by atoms with Gasteiger partial charge >= 0.3 is 0 Å². The van der Waals surface area contributed by atoms with Gasteiger partial charge in [0, 0.05) is 18.1 Å². The molecule has 0 aromatic rings. The first-order chi connectivity index (χ1) is 10.8. The predicted octanol–water partition coefficient (Wildman–Crippen LogP) is 3.72. The normalized spacial score (nSPS) is 22.8. The summed E-state index contributed by atoms with van der Waals surface area (Å²) in [6.07, 6.45) is 19.0. The molecule has 2 saturated carbocycles. The third-order valence-corrected chi connectivity index (χ3v) is 5.64. The molecule has 2 fully saturated rings. The van der Waals surface area contributed by atoms with Gasteiger partial charge in [0.25, 0.3) is 0 Å². The fourth-order valence-electron chi connectivity index (χ4n) is 4.11. The Hall–Kier alpha value is -0.120. The minimum Gasteiger partial charge on any atom is -0.324 e. The topological polar surface area (TPSA) is 50.1 Å². The number of hydrogen-bond donors (Lipinski definition) is 3. The predicted molar refractivity (Wildman–Crippen MR) is 96.2 cm³/mol. The molecule has 130 valence electrons. The second-order valence-corrected chi connectivity index (χ2v) is 7.80. The summed E-state index contributed by atoms with van der Waals surface area (Å²) in [4.78, 5) is 0. The minimum atomic E-state index is 0.0994. The van der Waals surface area contributed by atoms with Crippen molar-refractivity contribution in [1.82, 2.24) is 10.6 Å². The van der Waals surface area contributed by atoms with E-state index in [0.29, 0.717) is 0 Å². The third-order valence-electron chi connectivity index (χ3n) is 5.64. The molecule has 0 aromatic heterocycles. The van der Waals surface area contributed by atoms with E-state index in [0.717, 1.165) is 19.1 Å². The molecule has 2 rings (SSSR count). The smallest absolute Gasteiger partial charge is 0.0280 e. The van der Waals surface area contributed by atoms with Gasteiger partial charge in [0.2, 0.25) is 0 Å². The van der Waals surface area contributed by atoms with Crippen LogP contribution in [0.1, 0.15) is 89.9 Å². The average molecular weight is 310 g/mol. The lowest BCUT2D eigenvalue weighted by Crippen LogP contribution is -2.50. The van der Waals surface area contributed by atoms with Gasteiger partial charge < -0.3 is 16.4 Å². The van der Waals surface area contributed by atoms with E-state index in [4.69, 9.17) is 5.73 Å². The first-order valence-electron chi connectivity index (χ1n) is 10.0. The third kappa shape index (κ3) is 7.43. The van der Waals surface area contributed by atoms with Gasteiger partial charge in [-0.05, 0) is 51.6 Å². The van der Waals surface area contributed by atoms with Crippen molar-refractivity contribution in [2.75, 3.05) is 19.6 Å². The molecule has 0 aliphatic heterocycles. The van der Waals surface area contributed by atoms with Gasteiger partial charge in [-0.15, -0.1) is 0 Å². The van der Waals surface area contributed by atoms with Crippen molar-refractivity contribution in [3.63, 3.8) is 0 Å². The van der Waals surface area contributed by atoms with Gasteiger partial charge in [-0.25, -0.2) is 0 Å². The fraction of sp³-hybridized carbons (Fsp3) is 1.00. The molecule has 0 saturated heterocycles. The van der Waals surface area contributed by atoms with Crippen LogP contribution in [0, 0.1) is 0 Å². The van der Waals surface area contributed by atoms with Gasteiger partial charge in [0.05, 0.1) is 0 Å². The maximum absolute atomic E-state index is 6.44. The highest BCUT2D eigenvalue weighted by Gasteiger charge is 2.26. The zero-order valence-corrected chi connectivity index (χ0v) is 14.7. The van der Waals surface area contributed by atoms with E-state index in [1.807, 2.05) is 0 Å². The van der Waals surface area contributed by atoms with Crippen molar-refractivity contribution in [3.05, 3.63) is 0 Å². The Bertz CT molecular complexity index is 268. The van der Waals surface area contributed by atoms with Crippen molar-refractivity contribution < 1.29 is 0 Å². The summed E-state index contributed by atoms with van der Waals surface area (Å²) in [7, 11) is 0. The Morgan fingerprint density at radius 1 is 0.773 bits per heavy atom. The van der Waals surface area contributed by atoms with E-state index in [-0.39, 0.29) is 5.54 Å². The largest absolute Gasteiger partial charge is 0.324 e. The van der Waals surface area contributed by atoms with Crippen molar-refractivity contribution in [2.24, 2.45) is 5.73 Å². The van der Waals surface area contributed by atoms with E-state index >= 15 is 0 Å². The molecule has 0 unspecified atom stereocenters. The van der Waals surface area contributed by atoms with Crippen LogP contribution in [0.3, 0.4) is 0 Å². The zero-order chi connectivity index (χ0) is 15.5. The molecule has 0 radical (unpaired) electrons. The Morgan fingerprint density at radius 3 is 2.14 bits per heavy atom. The second kappa shape index (κ2) is 10.6. The minimum absolute atomic E-state index is 0.0994. The molecule has 3 nitrogen and oxygen atoms in total. The summed E-state index contributed by atoms with van der Waals surface area (Å²) >= 11 is 0. The Morgan fingerprint density at radius 2 is 1.41 bits per heavy atom. The molecule has 0 aromatic carbocycles. The van der Waals surface area contributed by atoms with Crippen LogP contribution in [0.25, 0.3) is 0 Å². The van der Waals surface area contributed by atoms with Crippen LogP contribution >= 0.6 is 0 Å². The molecule has 0 heterocycles. The van der Waals surface area contributed by atoms with E-state index in [1.165, 1.54) is 96.4 Å².